The van der Waals surface area contributed by atoms with Gasteiger partial charge in [0.2, 0.25) is 0 Å². The second kappa shape index (κ2) is 6.82. The summed E-state index contributed by atoms with van der Waals surface area (Å²) in [6.07, 6.45) is -0.219. The van der Waals surface area contributed by atoms with Gasteiger partial charge in [-0.05, 0) is 42.7 Å². The summed E-state index contributed by atoms with van der Waals surface area (Å²) in [5, 5.41) is 11.3. The molecule has 0 heterocycles. The summed E-state index contributed by atoms with van der Waals surface area (Å²) in [7, 11) is 1.63. The SMILES string of the molecule is COc1c(C)cc(Br)c(C)c1C(O)Cc1ccccc1Cl. The molecular weight excluding hydrogens is 352 g/mol. The molecule has 112 valence electrons. The first-order valence-electron chi connectivity index (χ1n) is 6.70. The summed E-state index contributed by atoms with van der Waals surface area (Å²) in [6.45, 7) is 3.94. The van der Waals surface area contributed by atoms with Crippen LogP contribution < -0.4 is 4.74 Å². The number of hydrogen-bond donors (Lipinski definition) is 1. The van der Waals surface area contributed by atoms with Crippen LogP contribution in [0.25, 0.3) is 0 Å². The van der Waals surface area contributed by atoms with Gasteiger partial charge in [-0.15, -0.1) is 0 Å². The van der Waals surface area contributed by atoms with Crippen molar-refractivity contribution in [3.8, 4) is 5.75 Å². The van der Waals surface area contributed by atoms with Crippen LogP contribution in [0.3, 0.4) is 0 Å². The maximum Gasteiger partial charge on any atom is 0.127 e. The molecular formula is C17H18BrClO2. The molecule has 0 amide bonds. The second-order valence-corrected chi connectivity index (χ2v) is 6.32. The zero-order chi connectivity index (χ0) is 15.6. The zero-order valence-corrected chi connectivity index (χ0v) is 14.6. The van der Waals surface area contributed by atoms with E-state index < -0.39 is 6.10 Å². The summed E-state index contributed by atoms with van der Waals surface area (Å²) < 4.78 is 6.45. The van der Waals surface area contributed by atoms with Crippen LogP contribution in [0.4, 0.5) is 0 Å². The summed E-state index contributed by atoms with van der Waals surface area (Å²) in [5.74, 6) is 0.732. The molecule has 0 spiro atoms. The Labute approximate surface area is 138 Å². The van der Waals surface area contributed by atoms with Crippen molar-refractivity contribution in [2.45, 2.75) is 26.4 Å². The van der Waals surface area contributed by atoms with E-state index in [1.54, 1.807) is 7.11 Å². The molecule has 0 aliphatic carbocycles. The maximum atomic E-state index is 10.7. The molecule has 0 bridgehead atoms. The number of ether oxygens (including phenoxy) is 1. The van der Waals surface area contributed by atoms with Gasteiger partial charge in [0.05, 0.1) is 13.2 Å². The maximum absolute atomic E-state index is 10.7. The molecule has 2 rings (SSSR count). The first kappa shape index (κ1) is 16.3. The van der Waals surface area contributed by atoms with Crippen molar-refractivity contribution in [2.24, 2.45) is 0 Å². The molecule has 0 fully saturated rings. The van der Waals surface area contributed by atoms with Gasteiger partial charge in [-0.3, -0.25) is 0 Å². The minimum atomic E-state index is -0.670. The molecule has 0 aromatic heterocycles. The lowest BCUT2D eigenvalue weighted by molar-refractivity contribution is 0.173. The largest absolute Gasteiger partial charge is 0.496 e. The third-order valence-electron chi connectivity index (χ3n) is 3.62. The first-order valence-corrected chi connectivity index (χ1v) is 7.87. The van der Waals surface area contributed by atoms with Crippen LogP contribution in [0.1, 0.15) is 28.4 Å². The van der Waals surface area contributed by atoms with Gasteiger partial charge in [0, 0.05) is 21.5 Å². The molecule has 0 aliphatic rings. The Morgan fingerprint density at radius 2 is 1.95 bits per heavy atom. The Morgan fingerprint density at radius 3 is 2.57 bits per heavy atom. The Hall–Kier alpha value is -1.03. The third kappa shape index (κ3) is 3.42. The zero-order valence-electron chi connectivity index (χ0n) is 12.3. The van der Waals surface area contributed by atoms with Crippen LogP contribution in [0, 0.1) is 13.8 Å². The lowest BCUT2D eigenvalue weighted by Crippen LogP contribution is -2.08. The standard InChI is InChI=1S/C17H18BrClO2/c1-10-8-13(18)11(2)16(17(10)21-3)15(20)9-12-6-4-5-7-14(12)19/h4-8,15,20H,9H2,1-3H3. The molecule has 0 aliphatic heterocycles. The van der Waals surface area contributed by atoms with Crippen LogP contribution in [0.2, 0.25) is 5.02 Å². The van der Waals surface area contributed by atoms with Crippen LogP contribution >= 0.6 is 27.5 Å². The normalized spacial score (nSPS) is 12.3. The molecule has 1 unspecified atom stereocenters. The summed E-state index contributed by atoms with van der Waals surface area (Å²) in [5.41, 5.74) is 3.70. The van der Waals surface area contributed by atoms with Gasteiger partial charge in [-0.25, -0.2) is 0 Å². The highest BCUT2D eigenvalue weighted by atomic mass is 79.9. The first-order chi connectivity index (χ1) is 9.95. The number of hydrogen-bond acceptors (Lipinski definition) is 2. The third-order valence-corrected chi connectivity index (χ3v) is 4.81. The highest BCUT2D eigenvalue weighted by molar-refractivity contribution is 9.10. The van der Waals surface area contributed by atoms with Gasteiger partial charge in [0.1, 0.15) is 5.75 Å². The number of aryl methyl sites for hydroxylation is 1. The summed E-state index contributed by atoms with van der Waals surface area (Å²) in [6, 6.07) is 9.56. The smallest absolute Gasteiger partial charge is 0.127 e. The number of halogens is 2. The highest BCUT2D eigenvalue weighted by Crippen LogP contribution is 2.38. The molecule has 4 heteroatoms. The molecule has 2 aromatic rings. The average Bonchev–Trinajstić information content (AvgIpc) is 2.44. The predicted molar refractivity (Wildman–Crippen MR) is 90.3 cm³/mol. The van der Waals surface area contributed by atoms with E-state index in [2.05, 4.69) is 15.9 Å². The van der Waals surface area contributed by atoms with Crippen molar-refractivity contribution in [3.63, 3.8) is 0 Å². The summed E-state index contributed by atoms with van der Waals surface area (Å²) in [4.78, 5) is 0. The van der Waals surface area contributed by atoms with E-state index >= 15 is 0 Å². The Balaban J connectivity index is 2.44. The fourth-order valence-corrected chi connectivity index (χ4v) is 3.29. The molecule has 0 radical (unpaired) electrons. The second-order valence-electron chi connectivity index (χ2n) is 5.06. The van der Waals surface area contributed by atoms with Crippen molar-refractivity contribution >= 4 is 27.5 Å². The van der Waals surface area contributed by atoms with Crippen molar-refractivity contribution in [1.82, 2.24) is 0 Å². The minimum Gasteiger partial charge on any atom is -0.496 e. The number of aliphatic hydroxyl groups excluding tert-OH is 1. The molecule has 0 saturated carbocycles. The van der Waals surface area contributed by atoms with E-state index in [4.69, 9.17) is 16.3 Å². The predicted octanol–water partition coefficient (Wildman–Crippen LogP) is 5.00. The van der Waals surface area contributed by atoms with Gasteiger partial charge in [0.25, 0.3) is 0 Å². The quantitative estimate of drug-likeness (QED) is 0.821. The van der Waals surface area contributed by atoms with Gasteiger partial charge in [-0.1, -0.05) is 45.7 Å². The fourth-order valence-electron chi connectivity index (χ4n) is 2.52. The Morgan fingerprint density at radius 1 is 1.29 bits per heavy atom. The van der Waals surface area contributed by atoms with E-state index in [0.29, 0.717) is 11.4 Å². The van der Waals surface area contributed by atoms with E-state index in [-0.39, 0.29) is 0 Å². The monoisotopic (exact) mass is 368 g/mol. The van der Waals surface area contributed by atoms with E-state index in [0.717, 1.165) is 32.5 Å². The van der Waals surface area contributed by atoms with E-state index in [9.17, 15) is 5.11 Å². The van der Waals surface area contributed by atoms with E-state index in [1.807, 2.05) is 44.2 Å². The number of methoxy groups -OCH3 is 1. The van der Waals surface area contributed by atoms with Gasteiger partial charge < -0.3 is 9.84 Å². The van der Waals surface area contributed by atoms with Gasteiger partial charge in [-0.2, -0.15) is 0 Å². The van der Waals surface area contributed by atoms with Crippen molar-refractivity contribution in [1.29, 1.82) is 0 Å². The van der Waals surface area contributed by atoms with Crippen molar-refractivity contribution < 1.29 is 9.84 Å². The average molecular weight is 370 g/mol. The molecule has 1 N–H and O–H groups in total. The molecule has 1 atom stereocenters. The lowest BCUT2D eigenvalue weighted by atomic mass is 9.94. The number of benzene rings is 2. The number of rotatable bonds is 4. The van der Waals surface area contributed by atoms with Crippen LogP contribution in [-0.4, -0.2) is 12.2 Å². The lowest BCUT2D eigenvalue weighted by Gasteiger charge is -2.21. The molecule has 21 heavy (non-hydrogen) atoms. The van der Waals surface area contributed by atoms with Crippen LogP contribution in [0.15, 0.2) is 34.8 Å². The van der Waals surface area contributed by atoms with Crippen LogP contribution in [-0.2, 0) is 6.42 Å². The Kier molecular flexibility index (Phi) is 5.31. The highest BCUT2D eigenvalue weighted by Gasteiger charge is 2.21. The molecule has 2 nitrogen and oxygen atoms in total. The molecule has 2 aromatic carbocycles. The van der Waals surface area contributed by atoms with Gasteiger partial charge >= 0.3 is 0 Å². The van der Waals surface area contributed by atoms with Gasteiger partial charge in [0.15, 0.2) is 0 Å². The van der Waals surface area contributed by atoms with Crippen molar-refractivity contribution in [2.75, 3.05) is 7.11 Å². The van der Waals surface area contributed by atoms with Crippen molar-refractivity contribution in [3.05, 3.63) is 62.1 Å². The minimum absolute atomic E-state index is 0.451. The van der Waals surface area contributed by atoms with Crippen LogP contribution in [0.5, 0.6) is 5.75 Å². The van der Waals surface area contributed by atoms with E-state index in [1.165, 1.54) is 0 Å². The topological polar surface area (TPSA) is 29.5 Å². The number of aliphatic hydroxyl groups is 1. The fraction of sp³-hybridized carbons (Fsp3) is 0.294. The molecule has 0 saturated heterocycles. The summed E-state index contributed by atoms with van der Waals surface area (Å²) >= 11 is 9.72. The Bertz CT molecular complexity index is 655.